The van der Waals surface area contributed by atoms with E-state index in [9.17, 15) is 14.0 Å². The first-order valence-electron chi connectivity index (χ1n) is 7.19. The highest BCUT2D eigenvalue weighted by molar-refractivity contribution is 5.26. The molecular formula is C17H19FN2O3. The number of aromatic amines is 1. The van der Waals surface area contributed by atoms with Crippen LogP contribution < -0.4 is 11.2 Å². The smallest absolute Gasteiger partial charge is 0.330 e. The highest BCUT2D eigenvalue weighted by Gasteiger charge is 2.15. The zero-order valence-corrected chi connectivity index (χ0v) is 13.0. The third kappa shape index (κ3) is 4.26. The highest BCUT2D eigenvalue weighted by atomic mass is 19.1. The van der Waals surface area contributed by atoms with Crippen LogP contribution in [0.2, 0.25) is 0 Å². The molecule has 1 N–H and O–H groups in total. The van der Waals surface area contributed by atoms with E-state index in [-0.39, 0.29) is 25.3 Å². The maximum atomic E-state index is 13.3. The average Bonchev–Trinajstić information content (AvgIpc) is 2.51. The summed E-state index contributed by atoms with van der Waals surface area (Å²) in [6.07, 6.45) is 0.273. The lowest BCUT2D eigenvalue weighted by atomic mass is 10.1. The molecule has 0 radical (unpaired) electrons. The summed E-state index contributed by atoms with van der Waals surface area (Å²) < 4.78 is 20.0. The number of rotatable bonds is 7. The van der Waals surface area contributed by atoms with Crippen molar-refractivity contribution in [2.45, 2.75) is 26.7 Å². The first-order chi connectivity index (χ1) is 11.0. The number of H-pyrrole nitrogens is 1. The number of hydrogen-bond donors (Lipinski definition) is 1. The zero-order valence-electron chi connectivity index (χ0n) is 13.0. The average molecular weight is 318 g/mol. The van der Waals surface area contributed by atoms with E-state index in [1.54, 1.807) is 6.92 Å². The third-order valence-corrected chi connectivity index (χ3v) is 3.33. The molecule has 0 saturated carbocycles. The summed E-state index contributed by atoms with van der Waals surface area (Å²) in [6.45, 7) is 4.78. The zero-order chi connectivity index (χ0) is 16.8. The Labute approximate surface area is 133 Å². The van der Waals surface area contributed by atoms with Gasteiger partial charge in [-0.25, -0.2) is 9.18 Å². The second-order valence-corrected chi connectivity index (χ2v) is 5.34. The van der Waals surface area contributed by atoms with Crippen molar-refractivity contribution in [1.29, 1.82) is 0 Å². The normalized spacial score (nSPS) is 10.7. The largest absolute Gasteiger partial charge is 0.356 e. The van der Waals surface area contributed by atoms with E-state index in [2.05, 4.69) is 11.6 Å². The maximum Gasteiger partial charge on any atom is 0.330 e. The SMILES string of the molecule is C=C(C)COCn1c(Cc2ccccc2)c(CF)c(=O)[nH]c1=O. The molecule has 0 aliphatic heterocycles. The molecule has 0 aliphatic carbocycles. The van der Waals surface area contributed by atoms with Gasteiger partial charge in [0.15, 0.2) is 0 Å². The van der Waals surface area contributed by atoms with Crippen LogP contribution in [0.5, 0.6) is 0 Å². The Morgan fingerprint density at radius 3 is 2.61 bits per heavy atom. The lowest BCUT2D eigenvalue weighted by Crippen LogP contribution is -2.36. The van der Waals surface area contributed by atoms with E-state index in [0.29, 0.717) is 5.69 Å². The summed E-state index contributed by atoms with van der Waals surface area (Å²) in [5.74, 6) is 0. The molecule has 5 nitrogen and oxygen atoms in total. The van der Waals surface area contributed by atoms with Gasteiger partial charge in [-0.2, -0.15) is 0 Å². The maximum absolute atomic E-state index is 13.3. The van der Waals surface area contributed by atoms with Crippen molar-refractivity contribution in [3.63, 3.8) is 0 Å². The fourth-order valence-corrected chi connectivity index (χ4v) is 2.23. The van der Waals surface area contributed by atoms with Gasteiger partial charge in [-0.05, 0) is 12.5 Å². The van der Waals surface area contributed by atoms with Gasteiger partial charge in [-0.15, -0.1) is 0 Å². The monoisotopic (exact) mass is 318 g/mol. The van der Waals surface area contributed by atoms with Crippen molar-refractivity contribution in [2.75, 3.05) is 6.61 Å². The second kappa shape index (κ2) is 7.69. The molecule has 0 atom stereocenters. The Morgan fingerprint density at radius 2 is 2.00 bits per heavy atom. The Balaban J connectivity index is 2.44. The summed E-state index contributed by atoms with van der Waals surface area (Å²) >= 11 is 0. The highest BCUT2D eigenvalue weighted by Crippen LogP contribution is 2.12. The fraction of sp³-hybridized carbons (Fsp3) is 0.294. The number of nitrogens with zero attached hydrogens (tertiary/aromatic N) is 1. The van der Waals surface area contributed by atoms with Crippen LogP contribution in [0.4, 0.5) is 4.39 Å². The standard InChI is InChI=1S/C17H19FN2O3/c1-12(2)10-23-11-20-15(8-13-6-4-3-5-7-13)14(9-18)16(21)19-17(20)22/h3-7H,1,8-11H2,2H3,(H,19,21,22). The van der Waals surface area contributed by atoms with E-state index < -0.39 is 17.9 Å². The van der Waals surface area contributed by atoms with E-state index in [0.717, 1.165) is 11.1 Å². The lowest BCUT2D eigenvalue weighted by molar-refractivity contribution is 0.0893. The molecule has 1 heterocycles. The number of hydrogen-bond acceptors (Lipinski definition) is 3. The van der Waals surface area contributed by atoms with Gasteiger partial charge < -0.3 is 4.74 Å². The molecule has 2 aromatic rings. The van der Waals surface area contributed by atoms with Crippen LogP contribution in [-0.2, 0) is 24.6 Å². The minimum Gasteiger partial charge on any atom is -0.356 e. The van der Waals surface area contributed by atoms with Crippen LogP contribution in [0.15, 0.2) is 52.1 Å². The molecule has 0 aliphatic rings. The topological polar surface area (TPSA) is 64.1 Å². The first kappa shape index (κ1) is 16.9. The van der Waals surface area contributed by atoms with Gasteiger partial charge in [0, 0.05) is 12.1 Å². The molecule has 6 heteroatoms. The minimum atomic E-state index is -0.946. The summed E-state index contributed by atoms with van der Waals surface area (Å²) in [5, 5.41) is 0. The van der Waals surface area contributed by atoms with Crippen molar-refractivity contribution in [2.24, 2.45) is 0 Å². The molecule has 122 valence electrons. The summed E-state index contributed by atoms with van der Waals surface area (Å²) in [6, 6.07) is 9.26. The van der Waals surface area contributed by atoms with Crippen molar-refractivity contribution in [3.05, 3.63) is 80.1 Å². The molecule has 0 fully saturated rings. The second-order valence-electron chi connectivity index (χ2n) is 5.34. The van der Waals surface area contributed by atoms with Crippen LogP contribution in [-0.4, -0.2) is 16.2 Å². The van der Waals surface area contributed by atoms with Gasteiger partial charge in [0.25, 0.3) is 5.56 Å². The third-order valence-electron chi connectivity index (χ3n) is 3.33. The van der Waals surface area contributed by atoms with E-state index in [4.69, 9.17) is 4.74 Å². The van der Waals surface area contributed by atoms with Gasteiger partial charge in [0.2, 0.25) is 0 Å². The molecule has 0 amide bonds. The minimum absolute atomic E-state index is 0.0487. The predicted molar refractivity (Wildman–Crippen MR) is 86.1 cm³/mol. The number of benzene rings is 1. The summed E-state index contributed by atoms with van der Waals surface area (Å²) in [7, 11) is 0. The van der Waals surface area contributed by atoms with Crippen molar-refractivity contribution in [3.8, 4) is 0 Å². The Bertz CT molecular complexity index is 794. The Kier molecular flexibility index (Phi) is 5.65. The summed E-state index contributed by atoms with van der Waals surface area (Å²) in [5.41, 5.74) is 0.652. The van der Waals surface area contributed by atoms with E-state index in [1.165, 1.54) is 4.57 Å². The quantitative estimate of drug-likeness (QED) is 0.796. The van der Waals surface area contributed by atoms with Crippen molar-refractivity contribution in [1.82, 2.24) is 9.55 Å². The van der Waals surface area contributed by atoms with Gasteiger partial charge in [0.05, 0.1) is 12.2 Å². The Morgan fingerprint density at radius 1 is 1.30 bits per heavy atom. The number of halogens is 1. The van der Waals surface area contributed by atoms with Crippen molar-refractivity contribution >= 4 is 0 Å². The van der Waals surface area contributed by atoms with Crippen molar-refractivity contribution < 1.29 is 9.13 Å². The van der Waals surface area contributed by atoms with Crippen LogP contribution >= 0.6 is 0 Å². The van der Waals surface area contributed by atoms with Gasteiger partial charge in [0.1, 0.15) is 13.4 Å². The molecule has 2 rings (SSSR count). The van der Waals surface area contributed by atoms with E-state index >= 15 is 0 Å². The first-order valence-corrected chi connectivity index (χ1v) is 7.19. The summed E-state index contributed by atoms with van der Waals surface area (Å²) in [4.78, 5) is 26.1. The number of ether oxygens (including phenoxy) is 1. The fourth-order valence-electron chi connectivity index (χ4n) is 2.23. The molecule has 0 saturated heterocycles. The number of aromatic nitrogens is 2. The van der Waals surface area contributed by atoms with Gasteiger partial charge >= 0.3 is 5.69 Å². The molecule has 1 aromatic heterocycles. The molecule has 0 unspecified atom stereocenters. The van der Waals surface area contributed by atoms with Crippen LogP contribution in [0, 0.1) is 0 Å². The number of nitrogens with one attached hydrogen (secondary N) is 1. The van der Waals surface area contributed by atoms with Crippen LogP contribution in [0.25, 0.3) is 0 Å². The van der Waals surface area contributed by atoms with E-state index in [1.807, 2.05) is 30.3 Å². The Hall–Kier alpha value is -2.47. The molecule has 23 heavy (non-hydrogen) atoms. The predicted octanol–water partition coefficient (Wildman–Crippen LogP) is 2.15. The molecule has 1 aromatic carbocycles. The van der Waals surface area contributed by atoms with Crippen LogP contribution in [0.3, 0.4) is 0 Å². The number of alkyl halides is 1. The van der Waals surface area contributed by atoms with Crippen LogP contribution in [0.1, 0.15) is 23.7 Å². The molecule has 0 bridgehead atoms. The molecular weight excluding hydrogens is 299 g/mol. The van der Waals surface area contributed by atoms with Gasteiger partial charge in [-0.3, -0.25) is 14.3 Å². The lowest BCUT2D eigenvalue weighted by Gasteiger charge is -2.15. The molecule has 0 spiro atoms. The van der Waals surface area contributed by atoms with Gasteiger partial charge in [-0.1, -0.05) is 42.5 Å².